The van der Waals surface area contributed by atoms with E-state index in [2.05, 4.69) is 20.1 Å². The van der Waals surface area contributed by atoms with Gasteiger partial charge in [0.1, 0.15) is 11.4 Å². The van der Waals surface area contributed by atoms with Crippen LogP contribution in [0, 0.1) is 18.3 Å². The summed E-state index contributed by atoms with van der Waals surface area (Å²) in [7, 11) is 0. The molecule has 0 spiro atoms. The molecule has 132 valence electrons. The highest BCUT2D eigenvalue weighted by Crippen LogP contribution is 2.45. The van der Waals surface area contributed by atoms with E-state index in [0.717, 1.165) is 24.5 Å². The third kappa shape index (κ3) is 2.63. The summed E-state index contributed by atoms with van der Waals surface area (Å²) in [5.74, 6) is -0.430. The average molecular weight is 334 g/mol. The SMILES string of the molecule is Cc1nonc1CN1C[C@H]2CN(C3CCCCC3)C[C@@]2(C(=O)O)C1. The van der Waals surface area contributed by atoms with E-state index in [1.807, 2.05) is 6.92 Å². The molecule has 1 N–H and O–H groups in total. The standard InChI is InChI=1S/C17H26N4O3/c1-12-15(19-24-18-12)9-20-7-13-8-21(14-5-3-2-4-6-14)11-17(13,10-20)16(22)23/h13-14H,2-11H2,1H3,(H,22,23)/t13-,17-/m0/s1. The minimum Gasteiger partial charge on any atom is -0.481 e. The zero-order valence-corrected chi connectivity index (χ0v) is 14.3. The molecule has 2 atom stereocenters. The highest BCUT2D eigenvalue weighted by Gasteiger charge is 2.58. The van der Waals surface area contributed by atoms with Crippen molar-refractivity contribution in [3.8, 4) is 0 Å². The number of rotatable bonds is 4. The Balaban J connectivity index is 1.47. The Hall–Kier alpha value is -1.47. The fourth-order valence-corrected chi connectivity index (χ4v) is 4.96. The summed E-state index contributed by atoms with van der Waals surface area (Å²) in [6.45, 7) is 5.54. The van der Waals surface area contributed by atoms with Crippen LogP contribution in [0.15, 0.2) is 4.63 Å². The number of aryl methyl sites for hydroxylation is 1. The van der Waals surface area contributed by atoms with Gasteiger partial charge in [-0.05, 0) is 19.8 Å². The lowest BCUT2D eigenvalue weighted by Crippen LogP contribution is -2.43. The van der Waals surface area contributed by atoms with Gasteiger partial charge in [0.15, 0.2) is 0 Å². The van der Waals surface area contributed by atoms with Crippen molar-refractivity contribution in [2.45, 2.75) is 51.6 Å². The summed E-state index contributed by atoms with van der Waals surface area (Å²) in [4.78, 5) is 16.8. The van der Waals surface area contributed by atoms with Crippen LogP contribution in [0.25, 0.3) is 0 Å². The molecule has 1 aromatic heterocycles. The number of nitrogens with zero attached hydrogens (tertiary/aromatic N) is 4. The second kappa shape index (κ2) is 6.11. The fraction of sp³-hybridized carbons (Fsp3) is 0.824. The molecule has 0 bridgehead atoms. The van der Waals surface area contributed by atoms with Gasteiger partial charge in [-0.25, -0.2) is 4.63 Å². The summed E-state index contributed by atoms with van der Waals surface area (Å²) >= 11 is 0. The Morgan fingerprint density at radius 2 is 2.04 bits per heavy atom. The van der Waals surface area contributed by atoms with Crippen molar-refractivity contribution in [3.63, 3.8) is 0 Å². The maximum absolute atomic E-state index is 12.1. The van der Waals surface area contributed by atoms with Crippen LogP contribution in [-0.2, 0) is 11.3 Å². The third-order valence-corrected chi connectivity index (χ3v) is 6.34. The molecule has 4 rings (SSSR count). The number of carboxylic acids is 1. The lowest BCUT2D eigenvalue weighted by atomic mass is 9.81. The monoisotopic (exact) mass is 334 g/mol. The van der Waals surface area contributed by atoms with Crippen LogP contribution in [0.5, 0.6) is 0 Å². The van der Waals surface area contributed by atoms with Crippen LogP contribution >= 0.6 is 0 Å². The smallest absolute Gasteiger partial charge is 0.312 e. The Labute approximate surface area is 141 Å². The molecule has 0 amide bonds. The van der Waals surface area contributed by atoms with E-state index in [1.165, 1.54) is 32.1 Å². The van der Waals surface area contributed by atoms with Gasteiger partial charge in [-0.15, -0.1) is 0 Å². The Kier molecular flexibility index (Phi) is 4.08. The predicted molar refractivity (Wildman–Crippen MR) is 86.3 cm³/mol. The molecule has 0 aromatic carbocycles. The van der Waals surface area contributed by atoms with Gasteiger partial charge in [0, 0.05) is 44.7 Å². The maximum Gasteiger partial charge on any atom is 0.312 e. The molecule has 7 heteroatoms. The maximum atomic E-state index is 12.1. The van der Waals surface area contributed by atoms with E-state index in [9.17, 15) is 9.90 Å². The van der Waals surface area contributed by atoms with Crippen molar-refractivity contribution >= 4 is 5.97 Å². The summed E-state index contributed by atoms with van der Waals surface area (Å²) in [6, 6.07) is 0.594. The molecule has 2 aliphatic heterocycles. The summed E-state index contributed by atoms with van der Waals surface area (Å²) < 4.78 is 4.77. The van der Waals surface area contributed by atoms with Crippen molar-refractivity contribution < 1.29 is 14.5 Å². The largest absolute Gasteiger partial charge is 0.481 e. The number of aromatic nitrogens is 2. The zero-order valence-electron chi connectivity index (χ0n) is 14.3. The summed E-state index contributed by atoms with van der Waals surface area (Å²) in [5.41, 5.74) is 0.989. The van der Waals surface area contributed by atoms with E-state index in [1.54, 1.807) is 0 Å². The van der Waals surface area contributed by atoms with Crippen molar-refractivity contribution in [1.29, 1.82) is 0 Å². The topological polar surface area (TPSA) is 82.7 Å². The Bertz CT molecular complexity index is 613. The highest BCUT2D eigenvalue weighted by molar-refractivity contribution is 5.77. The molecule has 24 heavy (non-hydrogen) atoms. The second-order valence-electron chi connectivity index (χ2n) is 7.85. The van der Waals surface area contributed by atoms with Crippen LogP contribution in [0.4, 0.5) is 0 Å². The zero-order chi connectivity index (χ0) is 16.7. The quantitative estimate of drug-likeness (QED) is 0.894. The van der Waals surface area contributed by atoms with Gasteiger partial charge >= 0.3 is 5.97 Å². The number of hydrogen-bond donors (Lipinski definition) is 1. The first-order chi connectivity index (χ1) is 11.6. The Morgan fingerprint density at radius 3 is 2.67 bits per heavy atom. The number of aliphatic carboxylic acids is 1. The van der Waals surface area contributed by atoms with Crippen LogP contribution in [0.1, 0.15) is 43.5 Å². The molecule has 0 unspecified atom stereocenters. The van der Waals surface area contributed by atoms with Crippen molar-refractivity contribution in [2.75, 3.05) is 26.2 Å². The fourth-order valence-electron chi connectivity index (χ4n) is 4.96. The first-order valence-corrected chi connectivity index (χ1v) is 9.06. The number of carboxylic acid groups (broad SMARTS) is 1. The van der Waals surface area contributed by atoms with Crippen LogP contribution in [0.2, 0.25) is 0 Å². The molecule has 3 aliphatic rings. The van der Waals surface area contributed by atoms with Crippen LogP contribution < -0.4 is 0 Å². The van der Waals surface area contributed by atoms with E-state index >= 15 is 0 Å². The third-order valence-electron chi connectivity index (χ3n) is 6.34. The van der Waals surface area contributed by atoms with Gasteiger partial charge in [-0.3, -0.25) is 14.6 Å². The molecule has 3 heterocycles. The van der Waals surface area contributed by atoms with E-state index in [0.29, 0.717) is 25.7 Å². The highest BCUT2D eigenvalue weighted by atomic mass is 16.6. The van der Waals surface area contributed by atoms with Crippen molar-refractivity contribution in [3.05, 3.63) is 11.4 Å². The molecular weight excluding hydrogens is 308 g/mol. The van der Waals surface area contributed by atoms with Gasteiger partial charge in [-0.2, -0.15) is 0 Å². The van der Waals surface area contributed by atoms with Gasteiger partial charge < -0.3 is 5.11 Å². The first-order valence-electron chi connectivity index (χ1n) is 9.06. The van der Waals surface area contributed by atoms with E-state index in [4.69, 9.17) is 4.63 Å². The molecular formula is C17H26N4O3. The number of hydrogen-bond acceptors (Lipinski definition) is 6. The minimum atomic E-state index is -0.636. The average Bonchev–Trinajstić information content (AvgIpc) is 3.22. The number of fused-ring (bicyclic) bond motifs is 1. The van der Waals surface area contributed by atoms with Gasteiger partial charge in [0.05, 0.1) is 5.41 Å². The lowest BCUT2D eigenvalue weighted by Gasteiger charge is -2.33. The Morgan fingerprint density at radius 1 is 1.25 bits per heavy atom. The minimum absolute atomic E-state index is 0.206. The van der Waals surface area contributed by atoms with Crippen molar-refractivity contribution in [2.24, 2.45) is 11.3 Å². The van der Waals surface area contributed by atoms with Gasteiger partial charge in [0.2, 0.25) is 0 Å². The summed E-state index contributed by atoms with van der Waals surface area (Å²) in [6.07, 6.45) is 6.37. The predicted octanol–water partition coefficient (Wildman–Crippen LogP) is 1.53. The van der Waals surface area contributed by atoms with Crippen molar-refractivity contribution in [1.82, 2.24) is 20.1 Å². The summed E-state index contributed by atoms with van der Waals surface area (Å²) in [5, 5.41) is 17.8. The lowest BCUT2D eigenvalue weighted by molar-refractivity contribution is -0.149. The second-order valence-corrected chi connectivity index (χ2v) is 7.85. The molecule has 1 aromatic rings. The molecule has 3 fully saturated rings. The normalized spacial score (nSPS) is 32.3. The van der Waals surface area contributed by atoms with Crippen LogP contribution in [0.3, 0.4) is 0 Å². The first kappa shape index (κ1) is 16.0. The molecule has 1 saturated carbocycles. The van der Waals surface area contributed by atoms with Crippen LogP contribution in [-0.4, -0.2) is 63.4 Å². The number of likely N-dealkylation sites (tertiary alicyclic amines) is 2. The molecule has 2 saturated heterocycles. The van der Waals surface area contributed by atoms with E-state index in [-0.39, 0.29) is 5.92 Å². The van der Waals surface area contributed by atoms with E-state index < -0.39 is 11.4 Å². The molecule has 7 nitrogen and oxygen atoms in total. The molecule has 0 radical (unpaired) electrons. The van der Waals surface area contributed by atoms with Gasteiger partial charge in [0.25, 0.3) is 0 Å². The van der Waals surface area contributed by atoms with Gasteiger partial charge in [-0.1, -0.05) is 29.6 Å². The number of carbonyl (C=O) groups is 1. The molecule has 1 aliphatic carbocycles.